The lowest BCUT2D eigenvalue weighted by Gasteiger charge is -2.07. The van der Waals surface area contributed by atoms with E-state index in [1.165, 1.54) is 28.5 Å². The molecule has 2 heterocycles. The Morgan fingerprint density at radius 3 is 2.82 bits per heavy atom. The molecule has 0 fully saturated rings. The second-order valence-electron chi connectivity index (χ2n) is 3.80. The third kappa shape index (κ3) is 2.28. The summed E-state index contributed by atoms with van der Waals surface area (Å²) < 4.78 is 0. The Morgan fingerprint density at radius 1 is 1.47 bits per heavy atom. The highest BCUT2D eigenvalue weighted by Crippen LogP contribution is 2.35. The van der Waals surface area contributed by atoms with Gasteiger partial charge in [0.15, 0.2) is 0 Å². The lowest BCUT2D eigenvalue weighted by Crippen LogP contribution is -2.22. The summed E-state index contributed by atoms with van der Waals surface area (Å²) in [7, 11) is 0. The van der Waals surface area contributed by atoms with Gasteiger partial charge in [0.1, 0.15) is 16.2 Å². The van der Waals surface area contributed by atoms with Crippen molar-refractivity contribution in [1.29, 1.82) is 0 Å². The summed E-state index contributed by atoms with van der Waals surface area (Å²) in [6.07, 6.45) is 1.54. The maximum atomic E-state index is 11.1. The molecule has 0 aliphatic rings. The van der Waals surface area contributed by atoms with Crippen molar-refractivity contribution in [2.45, 2.75) is 31.0 Å². The van der Waals surface area contributed by atoms with E-state index in [2.05, 4.69) is 23.8 Å². The minimum absolute atomic E-state index is 0.285. The van der Waals surface area contributed by atoms with Crippen LogP contribution in [0.4, 0.5) is 0 Å². The van der Waals surface area contributed by atoms with Crippen LogP contribution in [0.25, 0.3) is 10.2 Å². The molecule has 2 rings (SSSR count). The lowest BCUT2D eigenvalue weighted by atomic mass is 10.2. The van der Waals surface area contributed by atoms with Gasteiger partial charge in [-0.3, -0.25) is 4.79 Å². The van der Waals surface area contributed by atoms with E-state index in [1.54, 1.807) is 18.3 Å². The Balaban J connectivity index is 2.50. The van der Waals surface area contributed by atoms with Gasteiger partial charge in [-0.05, 0) is 26.3 Å². The van der Waals surface area contributed by atoms with Crippen molar-refractivity contribution in [3.63, 3.8) is 0 Å². The van der Waals surface area contributed by atoms with Gasteiger partial charge in [-0.2, -0.15) is 0 Å². The van der Waals surface area contributed by atoms with Gasteiger partial charge in [0, 0.05) is 10.3 Å². The van der Waals surface area contributed by atoms with Gasteiger partial charge in [-0.15, -0.1) is 11.3 Å². The molecule has 1 amide bonds. The van der Waals surface area contributed by atoms with Crippen molar-refractivity contribution in [2.24, 2.45) is 5.73 Å². The predicted molar refractivity (Wildman–Crippen MR) is 71.4 cm³/mol. The second kappa shape index (κ2) is 4.62. The fourth-order valence-electron chi connectivity index (χ4n) is 1.46. The van der Waals surface area contributed by atoms with Crippen LogP contribution in [0.1, 0.15) is 17.4 Å². The molecule has 1 atom stereocenters. The number of carbonyl (C=O) groups is 1. The van der Waals surface area contributed by atoms with Crippen LogP contribution in [-0.4, -0.2) is 21.1 Å². The molecular formula is C11H13N3OS2. The third-order valence-corrected chi connectivity index (χ3v) is 4.85. The lowest BCUT2D eigenvalue weighted by molar-refractivity contribution is -0.117. The first-order valence-electron chi connectivity index (χ1n) is 5.17. The van der Waals surface area contributed by atoms with Gasteiger partial charge >= 0.3 is 0 Å². The standard InChI is InChI=1S/C11H13N3OS2/c1-5-6(2)16-10-8(5)11(14-4-13-10)17-7(3)9(12)15/h4,7H,1-3H3,(H2,12,15). The molecule has 0 radical (unpaired) electrons. The molecule has 0 saturated carbocycles. The van der Waals surface area contributed by atoms with Crippen molar-refractivity contribution in [3.8, 4) is 0 Å². The van der Waals surface area contributed by atoms with Crippen LogP contribution in [-0.2, 0) is 4.79 Å². The number of aromatic nitrogens is 2. The zero-order valence-corrected chi connectivity index (χ0v) is 11.5. The van der Waals surface area contributed by atoms with Crippen molar-refractivity contribution in [3.05, 3.63) is 16.8 Å². The molecule has 2 aromatic heterocycles. The van der Waals surface area contributed by atoms with Crippen LogP contribution in [0.3, 0.4) is 0 Å². The molecule has 1 unspecified atom stereocenters. The Hall–Kier alpha value is -1.14. The summed E-state index contributed by atoms with van der Waals surface area (Å²) >= 11 is 3.04. The summed E-state index contributed by atoms with van der Waals surface area (Å²) in [6.45, 7) is 5.90. The number of hydrogen-bond donors (Lipinski definition) is 1. The van der Waals surface area contributed by atoms with Gasteiger partial charge < -0.3 is 5.73 Å². The number of thiophene rings is 1. The summed E-state index contributed by atoms with van der Waals surface area (Å²) in [5, 5.41) is 1.60. The van der Waals surface area contributed by atoms with Crippen LogP contribution in [0.2, 0.25) is 0 Å². The molecule has 90 valence electrons. The quantitative estimate of drug-likeness (QED) is 0.684. The molecule has 6 heteroatoms. The molecule has 0 saturated heterocycles. The summed E-state index contributed by atoms with van der Waals surface area (Å²) in [5.41, 5.74) is 6.46. The maximum Gasteiger partial charge on any atom is 0.230 e. The molecule has 0 bridgehead atoms. The van der Waals surface area contributed by atoms with Gasteiger partial charge in [0.2, 0.25) is 5.91 Å². The van der Waals surface area contributed by atoms with Crippen molar-refractivity contribution < 1.29 is 4.79 Å². The van der Waals surface area contributed by atoms with Crippen LogP contribution in [0, 0.1) is 13.8 Å². The van der Waals surface area contributed by atoms with E-state index in [-0.39, 0.29) is 11.2 Å². The molecule has 2 N–H and O–H groups in total. The number of aryl methyl sites for hydroxylation is 2. The SMILES string of the molecule is Cc1sc2ncnc(SC(C)C(N)=O)c2c1C. The van der Waals surface area contributed by atoms with Crippen molar-refractivity contribution >= 4 is 39.2 Å². The predicted octanol–water partition coefficient (Wildman–Crippen LogP) is 2.27. The topological polar surface area (TPSA) is 68.9 Å². The second-order valence-corrected chi connectivity index (χ2v) is 6.34. The highest BCUT2D eigenvalue weighted by molar-refractivity contribution is 8.00. The molecular weight excluding hydrogens is 254 g/mol. The number of thioether (sulfide) groups is 1. The molecule has 0 aromatic carbocycles. The largest absolute Gasteiger partial charge is 0.369 e. The zero-order chi connectivity index (χ0) is 12.6. The van der Waals surface area contributed by atoms with E-state index in [4.69, 9.17) is 5.73 Å². The monoisotopic (exact) mass is 267 g/mol. The van der Waals surface area contributed by atoms with E-state index < -0.39 is 0 Å². The number of fused-ring (bicyclic) bond motifs is 1. The van der Waals surface area contributed by atoms with Crippen LogP contribution >= 0.6 is 23.1 Å². The molecule has 0 aliphatic carbocycles. The number of primary amides is 1. The fraction of sp³-hybridized carbons (Fsp3) is 0.364. The summed E-state index contributed by atoms with van der Waals surface area (Å²) in [6, 6.07) is 0. The first-order chi connectivity index (χ1) is 8.00. The Kier molecular flexibility index (Phi) is 3.35. The number of nitrogens with zero attached hydrogens (tertiary/aromatic N) is 2. The Labute approximate surface area is 108 Å². The normalized spacial score (nSPS) is 12.9. The van der Waals surface area contributed by atoms with E-state index in [1.807, 2.05) is 0 Å². The van der Waals surface area contributed by atoms with Gasteiger partial charge in [0.05, 0.1) is 5.25 Å². The number of rotatable bonds is 3. The van der Waals surface area contributed by atoms with E-state index >= 15 is 0 Å². The number of amides is 1. The zero-order valence-electron chi connectivity index (χ0n) is 9.85. The molecule has 0 spiro atoms. The Morgan fingerprint density at radius 2 is 2.18 bits per heavy atom. The molecule has 4 nitrogen and oxygen atoms in total. The molecule has 17 heavy (non-hydrogen) atoms. The maximum absolute atomic E-state index is 11.1. The van der Waals surface area contributed by atoms with E-state index in [0.717, 1.165) is 15.2 Å². The van der Waals surface area contributed by atoms with Gasteiger partial charge in [-0.25, -0.2) is 9.97 Å². The molecule has 2 aromatic rings. The summed E-state index contributed by atoms with van der Waals surface area (Å²) in [4.78, 5) is 21.8. The average Bonchev–Trinajstić information content (AvgIpc) is 2.56. The minimum atomic E-state index is -0.327. The summed E-state index contributed by atoms with van der Waals surface area (Å²) in [5.74, 6) is -0.327. The third-order valence-electron chi connectivity index (χ3n) is 2.62. The first kappa shape index (κ1) is 12.3. The smallest absolute Gasteiger partial charge is 0.230 e. The minimum Gasteiger partial charge on any atom is -0.369 e. The fourth-order valence-corrected chi connectivity index (χ4v) is 3.45. The first-order valence-corrected chi connectivity index (χ1v) is 6.87. The van der Waals surface area contributed by atoms with Crippen LogP contribution < -0.4 is 5.73 Å². The van der Waals surface area contributed by atoms with Crippen molar-refractivity contribution in [2.75, 3.05) is 0 Å². The van der Waals surface area contributed by atoms with Gasteiger partial charge in [0.25, 0.3) is 0 Å². The van der Waals surface area contributed by atoms with E-state index in [9.17, 15) is 4.79 Å². The highest BCUT2D eigenvalue weighted by atomic mass is 32.2. The molecule has 0 aliphatic heterocycles. The number of hydrogen-bond acceptors (Lipinski definition) is 5. The Bertz CT molecular complexity index is 579. The number of nitrogens with two attached hydrogens (primary N) is 1. The van der Waals surface area contributed by atoms with E-state index in [0.29, 0.717) is 0 Å². The van der Waals surface area contributed by atoms with Crippen LogP contribution in [0.5, 0.6) is 0 Å². The van der Waals surface area contributed by atoms with Crippen molar-refractivity contribution in [1.82, 2.24) is 9.97 Å². The number of carbonyl (C=O) groups excluding carboxylic acids is 1. The highest BCUT2D eigenvalue weighted by Gasteiger charge is 2.17. The average molecular weight is 267 g/mol. The van der Waals surface area contributed by atoms with Gasteiger partial charge in [-0.1, -0.05) is 11.8 Å². The van der Waals surface area contributed by atoms with Crippen LogP contribution in [0.15, 0.2) is 11.4 Å².